The molecule has 0 aliphatic heterocycles. The number of benzene rings is 3. The number of rotatable bonds is 5. The number of hydrogen-bond acceptors (Lipinski definition) is 5. The summed E-state index contributed by atoms with van der Waals surface area (Å²) in [4.78, 5) is 16.9. The minimum absolute atomic E-state index is 0.0345. The summed E-state index contributed by atoms with van der Waals surface area (Å²) < 4.78 is 71.8. The van der Waals surface area contributed by atoms with Gasteiger partial charge in [0.15, 0.2) is 23.0 Å². The van der Waals surface area contributed by atoms with E-state index in [0.29, 0.717) is 16.7 Å². The molecule has 164 valence electrons. The van der Waals surface area contributed by atoms with Gasteiger partial charge in [0.2, 0.25) is 17.5 Å². The first-order chi connectivity index (χ1) is 15.3. The maximum absolute atomic E-state index is 14.3. The second-order valence-electron chi connectivity index (χ2n) is 6.52. The van der Waals surface area contributed by atoms with Crippen molar-refractivity contribution in [3.8, 4) is 23.0 Å². The van der Waals surface area contributed by atoms with Gasteiger partial charge in [-0.05, 0) is 30.3 Å². The van der Waals surface area contributed by atoms with Gasteiger partial charge in [-0.2, -0.15) is 8.78 Å². The molecule has 6 nitrogen and oxygen atoms in total. The highest BCUT2D eigenvalue weighted by atomic mass is 19.2. The van der Waals surface area contributed by atoms with Gasteiger partial charge in [-0.1, -0.05) is 12.1 Å². The molecule has 3 aromatic carbocycles. The predicted molar refractivity (Wildman–Crippen MR) is 107 cm³/mol. The second kappa shape index (κ2) is 8.22. The number of para-hydroxylation sites is 2. The van der Waals surface area contributed by atoms with Gasteiger partial charge in [0.1, 0.15) is 16.8 Å². The first kappa shape index (κ1) is 21.2. The molecule has 0 unspecified atom stereocenters. The fourth-order valence-electron chi connectivity index (χ4n) is 3.11. The number of halogens is 4. The van der Waals surface area contributed by atoms with Crippen molar-refractivity contribution in [2.75, 3.05) is 19.5 Å². The lowest BCUT2D eigenvalue weighted by Gasteiger charge is -2.13. The fraction of sp³-hybridized carbons (Fsp3) is 0.0909. The molecule has 4 aromatic rings. The van der Waals surface area contributed by atoms with Crippen LogP contribution in [0.2, 0.25) is 0 Å². The van der Waals surface area contributed by atoms with Crippen LogP contribution in [0.4, 0.5) is 23.2 Å². The Morgan fingerprint density at radius 1 is 0.938 bits per heavy atom. The molecule has 0 spiro atoms. The molecule has 0 aliphatic rings. The molecule has 0 aliphatic carbocycles. The number of nitrogens with zero attached hydrogens (tertiary/aromatic N) is 1. The van der Waals surface area contributed by atoms with Gasteiger partial charge in [0, 0.05) is 5.56 Å². The number of methoxy groups -OCH3 is 2. The third-order valence-electron chi connectivity index (χ3n) is 4.64. The summed E-state index contributed by atoms with van der Waals surface area (Å²) in [5.74, 6) is -9.83. The van der Waals surface area contributed by atoms with Crippen molar-refractivity contribution in [3.05, 3.63) is 71.3 Å². The maximum atomic E-state index is 14.3. The molecule has 1 heterocycles. The normalized spacial score (nSPS) is 10.9. The maximum Gasteiger partial charge on any atom is 0.261 e. The summed E-state index contributed by atoms with van der Waals surface area (Å²) in [6.07, 6.45) is 0. The molecule has 0 saturated heterocycles. The zero-order chi connectivity index (χ0) is 23.0. The van der Waals surface area contributed by atoms with Gasteiger partial charge >= 0.3 is 0 Å². The SMILES string of the molecule is COc1ccc(-c2nc3ccccc3o2)cc1NC(=O)c1c(F)c(F)c(OC)c(F)c1F. The predicted octanol–water partition coefficient (Wildman–Crippen LogP) is 5.32. The van der Waals surface area contributed by atoms with Gasteiger partial charge in [0.25, 0.3) is 5.91 Å². The van der Waals surface area contributed by atoms with E-state index in [1.807, 2.05) is 0 Å². The largest absolute Gasteiger partial charge is 0.495 e. The average Bonchev–Trinajstić information content (AvgIpc) is 3.22. The Hall–Kier alpha value is -4.08. The number of oxazole rings is 1. The number of amides is 1. The monoisotopic (exact) mass is 446 g/mol. The van der Waals surface area contributed by atoms with E-state index < -0.39 is 40.5 Å². The minimum atomic E-state index is -1.90. The number of aromatic nitrogens is 1. The lowest BCUT2D eigenvalue weighted by atomic mass is 10.1. The summed E-state index contributed by atoms with van der Waals surface area (Å²) in [7, 11) is 2.14. The Bertz CT molecular complexity index is 1290. The standard InChI is InChI=1S/C22H14F4N2O4/c1-30-13-8-7-10(22-28-11-5-3-4-6-14(11)32-22)9-12(13)27-21(29)15-16(23)18(25)20(31-2)19(26)17(15)24/h3-9H,1-2H3,(H,27,29). The molecule has 1 N–H and O–H groups in total. The number of carbonyl (C=O) groups is 1. The van der Waals surface area contributed by atoms with E-state index in [2.05, 4.69) is 15.0 Å². The van der Waals surface area contributed by atoms with E-state index in [9.17, 15) is 22.4 Å². The molecule has 0 atom stereocenters. The number of ether oxygens (including phenoxy) is 2. The second-order valence-corrected chi connectivity index (χ2v) is 6.52. The molecular formula is C22H14F4N2O4. The zero-order valence-electron chi connectivity index (χ0n) is 16.6. The number of carbonyl (C=O) groups excluding carboxylic acids is 1. The van der Waals surface area contributed by atoms with Crippen LogP contribution < -0.4 is 14.8 Å². The van der Waals surface area contributed by atoms with E-state index in [-0.39, 0.29) is 17.3 Å². The number of hydrogen-bond donors (Lipinski definition) is 1. The van der Waals surface area contributed by atoms with E-state index in [1.54, 1.807) is 30.3 Å². The Labute approximate surface area is 178 Å². The van der Waals surface area contributed by atoms with Crippen molar-refractivity contribution < 1.29 is 36.2 Å². The topological polar surface area (TPSA) is 73.6 Å². The van der Waals surface area contributed by atoms with Crippen molar-refractivity contribution >= 4 is 22.7 Å². The molecule has 1 aromatic heterocycles. The van der Waals surface area contributed by atoms with Gasteiger partial charge in [-0.3, -0.25) is 4.79 Å². The Morgan fingerprint density at radius 2 is 1.62 bits per heavy atom. The van der Waals surface area contributed by atoms with Crippen molar-refractivity contribution in [1.29, 1.82) is 0 Å². The van der Waals surface area contributed by atoms with Crippen LogP contribution in [0.15, 0.2) is 46.9 Å². The number of nitrogens with one attached hydrogen (secondary N) is 1. The van der Waals surface area contributed by atoms with Crippen molar-refractivity contribution in [3.63, 3.8) is 0 Å². The van der Waals surface area contributed by atoms with Crippen LogP contribution in [-0.4, -0.2) is 25.1 Å². The molecule has 4 rings (SSSR count). The number of fused-ring (bicyclic) bond motifs is 1. The van der Waals surface area contributed by atoms with Crippen LogP contribution in [0.5, 0.6) is 11.5 Å². The molecular weight excluding hydrogens is 432 g/mol. The van der Waals surface area contributed by atoms with Gasteiger partial charge in [0.05, 0.1) is 19.9 Å². The van der Waals surface area contributed by atoms with Crippen molar-refractivity contribution in [1.82, 2.24) is 4.98 Å². The summed E-state index contributed by atoms with van der Waals surface area (Å²) in [6, 6.07) is 11.4. The summed E-state index contributed by atoms with van der Waals surface area (Å²) in [6.45, 7) is 0. The highest BCUT2D eigenvalue weighted by Crippen LogP contribution is 2.34. The molecule has 0 fully saturated rings. The molecule has 0 bridgehead atoms. The molecule has 1 amide bonds. The third-order valence-corrected chi connectivity index (χ3v) is 4.64. The minimum Gasteiger partial charge on any atom is -0.495 e. The van der Waals surface area contributed by atoms with Crippen LogP contribution in [0.25, 0.3) is 22.6 Å². The van der Waals surface area contributed by atoms with Crippen LogP contribution >= 0.6 is 0 Å². The van der Waals surface area contributed by atoms with Crippen LogP contribution in [-0.2, 0) is 0 Å². The van der Waals surface area contributed by atoms with Gasteiger partial charge in [-0.25, -0.2) is 13.8 Å². The molecule has 0 saturated carbocycles. The highest BCUT2D eigenvalue weighted by Gasteiger charge is 2.30. The zero-order valence-corrected chi connectivity index (χ0v) is 16.6. The Morgan fingerprint density at radius 3 is 2.25 bits per heavy atom. The summed E-state index contributed by atoms with van der Waals surface area (Å²) in [5, 5.41) is 2.21. The van der Waals surface area contributed by atoms with Gasteiger partial charge in [-0.15, -0.1) is 0 Å². The quantitative estimate of drug-likeness (QED) is 0.332. The van der Waals surface area contributed by atoms with Crippen molar-refractivity contribution in [2.45, 2.75) is 0 Å². The fourth-order valence-corrected chi connectivity index (χ4v) is 3.11. The highest BCUT2D eigenvalue weighted by molar-refractivity contribution is 6.06. The van der Waals surface area contributed by atoms with Gasteiger partial charge < -0.3 is 19.2 Å². The lowest BCUT2D eigenvalue weighted by Crippen LogP contribution is -2.19. The van der Waals surface area contributed by atoms with Crippen LogP contribution in [0.3, 0.4) is 0 Å². The summed E-state index contributed by atoms with van der Waals surface area (Å²) in [5.41, 5.74) is 0.0441. The van der Waals surface area contributed by atoms with Crippen LogP contribution in [0, 0.1) is 23.3 Å². The Balaban J connectivity index is 1.74. The third kappa shape index (κ3) is 3.49. The van der Waals surface area contributed by atoms with Crippen molar-refractivity contribution in [2.24, 2.45) is 0 Å². The first-order valence-corrected chi connectivity index (χ1v) is 9.11. The summed E-state index contributed by atoms with van der Waals surface area (Å²) >= 11 is 0. The first-order valence-electron chi connectivity index (χ1n) is 9.11. The number of anilines is 1. The molecule has 32 heavy (non-hydrogen) atoms. The van der Waals surface area contributed by atoms with Crippen LogP contribution in [0.1, 0.15) is 10.4 Å². The smallest absolute Gasteiger partial charge is 0.261 e. The van der Waals surface area contributed by atoms with E-state index in [4.69, 9.17) is 9.15 Å². The Kier molecular flexibility index (Phi) is 5.43. The van der Waals surface area contributed by atoms with E-state index in [1.165, 1.54) is 19.2 Å². The average molecular weight is 446 g/mol. The molecule has 10 heteroatoms. The van der Waals surface area contributed by atoms with E-state index >= 15 is 0 Å². The van der Waals surface area contributed by atoms with E-state index in [0.717, 1.165) is 7.11 Å². The molecule has 0 radical (unpaired) electrons. The lowest BCUT2D eigenvalue weighted by molar-refractivity contribution is 0.101.